The molecule has 0 bridgehead atoms. The summed E-state index contributed by atoms with van der Waals surface area (Å²) in [4.78, 5) is 0. The lowest BCUT2D eigenvalue weighted by Gasteiger charge is -2.10. The van der Waals surface area contributed by atoms with Crippen molar-refractivity contribution in [3.8, 4) is 0 Å². The maximum Gasteiger partial charge on any atom is 0.0158 e. The van der Waals surface area contributed by atoms with E-state index in [1.165, 1.54) is 30.9 Å². The zero-order chi connectivity index (χ0) is 8.10. The zero-order valence-electron chi connectivity index (χ0n) is 7.60. The van der Waals surface area contributed by atoms with Crippen LogP contribution in [0.1, 0.15) is 26.7 Å². The van der Waals surface area contributed by atoms with Crippen LogP contribution >= 0.6 is 11.8 Å². The number of rotatable bonds is 4. The lowest BCUT2D eigenvalue weighted by atomic mass is 10.3. The number of hydrogen-bond donors (Lipinski definition) is 1. The van der Waals surface area contributed by atoms with E-state index in [9.17, 15) is 0 Å². The van der Waals surface area contributed by atoms with Crippen molar-refractivity contribution in [1.29, 1.82) is 0 Å². The van der Waals surface area contributed by atoms with Crippen LogP contribution in [-0.4, -0.2) is 24.1 Å². The van der Waals surface area contributed by atoms with Crippen LogP contribution in [0.3, 0.4) is 0 Å². The van der Waals surface area contributed by atoms with Gasteiger partial charge in [0.1, 0.15) is 0 Å². The quantitative estimate of drug-likeness (QED) is 0.699. The summed E-state index contributed by atoms with van der Waals surface area (Å²) in [6, 6.07) is 0.818. The van der Waals surface area contributed by atoms with E-state index in [2.05, 4.69) is 30.9 Å². The molecular weight excluding hydrogens is 154 g/mol. The van der Waals surface area contributed by atoms with E-state index in [1.807, 2.05) is 0 Å². The van der Waals surface area contributed by atoms with Crippen LogP contribution in [0.25, 0.3) is 0 Å². The molecule has 1 fully saturated rings. The minimum atomic E-state index is 0.818. The monoisotopic (exact) mass is 173 g/mol. The van der Waals surface area contributed by atoms with Crippen molar-refractivity contribution in [2.24, 2.45) is 5.92 Å². The van der Waals surface area contributed by atoms with Crippen LogP contribution in [0, 0.1) is 5.92 Å². The van der Waals surface area contributed by atoms with Crippen molar-refractivity contribution >= 4 is 11.8 Å². The fourth-order valence-electron chi connectivity index (χ4n) is 1.34. The van der Waals surface area contributed by atoms with Gasteiger partial charge in [0.2, 0.25) is 0 Å². The van der Waals surface area contributed by atoms with E-state index in [1.54, 1.807) is 0 Å². The second-order valence-electron chi connectivity index (χ2n) is 3.72. The average Bonchev–Trinajstić information content (AvgIpc) is 2.39. The van der Waals surface area contributed by atoms with Gasteiger partial charge in [-0.15, -0.1) is 0 Å². The summed E-state index contributed by atoms with van der Waals surface area (Å²) in [7, 11) is 0. The molecule has 66 valence electrons. The summed E-state index contributed by atoms with van der Waals surface area (Å²) in [5.74, 6) is 3.48. The molecule has 0 aromatic heterocycles. The summed E-state index contributed by atoms with van der Waals surface area (Å²) in [5.41, 5.74) is 0. The summed E-state index contributed by atoms with van der Waals surface area (Å²) in [6.45, 7) is 5.82. The molecule has 0 saturated carbocycles. The van der Waals surface area contributed by atoms with E-state index in [0.717, 1.165) is 12.0 Å². The highest BCUT2D eigenvalue weighted by Crippen LogP contribution is 2.14. The molecule has 1 saturated heterocycles. The molecule has 2 heteroatoms. The van der Waals surface area contributed by atoms with Crippen LogP contribution in [0.15, 0.2) is 0 Å². The largest absolute Gasteiger partial charge is 0.313 e. The summed E-state index contributed by atoms with van der Waals surface area (Å²) in [5, 5.41) is 3.51. The van der Waals surface area contributed by atoms with Gasteiger partial charge in [-0.1, -0.05) is 13.8 Å². The molecular formula is C9H19NS. The highest BCUT2D eigenvalue weighted by molar-refractivity contribution is 7.99. The van der Waals surface area contributed by atoms with Crippen molar-refractivity contribution in [2.45, 2.75) is 32.7 Å². The fraction of sp³-hybridized carbons (Fsp3) is 1.00. The molecule has 0 radical (unpaired) electrons. The van der Waals surface area contributed by atoms with Crippen molar-refractivity contribution in [3.05, 3.63) is 0 Å². The maximum atomic E-state index is 3.51. The van der Waals surface area contributed by atoms with Gasteiger partial charge in [-0.3, -0.25) is 0 Å². The van der Waals surface area contributed by atoms with E-state index in [-0.39, 0.29) is 0 Å². The molecule has 0 spiro atoms. The van der Waals surface area contributed by atoms with Gasteiger partial charge in [0.15, 0.2) is 0 Å². The Hall–Kier alpha value is 0.310. The van der Waals surface area contributed by atoms with Crippen molar-refractivity contribution in [2.75, 3.05) is 18.1 Å². The van der Waals surface area contributed by atoms with Gasteiger partial charge < -0.3 is 5.32 Å². The Morgan fingerprint density at radius 1 is 1.55 bits per heavy atom. The van der Waals surface area contributed by atoms with Gasteiger partial charge in [0, 0.05) is 11.8 Å². The topological polar surface area (TPSA) is 12.0 Å². The minimum Gasteiger partial charge on any atom is -0.313 e. The highest BCUT2D eigenvalue weighted by atomic mass is 32.2. The van der Waals surface area contributed by atoms with Gasteiger partial charge in [-0.05, 0) is 31.1 Å². The molecule has 1 nitrogen and oxygen atoms in total. The second-order valence-corrected chi connectivity index (χ2v) is 4.80. The molecule has 1 N–H and O–H groups in total. The summed E-state index contributed by atoms with van der Waals surface area (Å²) >= 11 is 2.10. The Morgan fingerprint density at radius 2 is 2.36 bits per heavy atom. The standard InChI is InChI=1S/C9H19NS/c1-8(2)6-11-7-9-4-3-5-10-9/h8-10H,3-7H2,1-2H3/t9-/m1/s1. The second kappa shape index (κ2) is 5.04. The first kappa shape index (κ1) is 9.40. The predicted molar refractivity (Wildman–Crippen MR) is 53.2 cm³/mol. The number of thioether (sulfide) groups is 1. The van der Waals surface area contributed by atoms with Gasteiger partial charge in [0.25, 0.3) is 0 Å². The van der Waals surface area contributed by atoms with E-state index in [4.69, 9.17) is 0 Å². The highest BCUT2D eigenvalue weighted by Gasteiger charge is 2.13. The Labute approximate surface area is 74.3 Å². The third-order valence-corrected chi connectivity index (χ3v) is 3.47. The molecule has 0 amide bonds. The molecule has 0 aromatic carbocycles. The Balaban J connectivity index is 1.94. The lowest BCUT2D eigenvalue weighted by Crippen LogP contribution is -2.23. The Morgan fingerprint density at radius 3 is 2.91 bits per heavy atom. The molecule has 1 rings (SSSR count). The van der Waals surface area contributed by atoms with Crippen LogP contribution < -0.4 is 5.32 Å². The van der Waals surface area contributed by atoms with Crippen molar-refractivity contribution in [3.63, 3.8) is 0 Å². The third kappa shape index (κ3) is 4.02. The molecule has 1 aliphatic heterocycles. The molecule has 0 aromatic rings. The first-order valence-corrected chi connectivity index (χ1v) is 5.75. The Kier molecular flexibility index (Phi) is 4.31. The first-order chi connectivity index (χ1) is 5.29. The van der Waals surface area contributed by atoms with E-state index < -0.39 is 0 Å². The molecule has 1 atom stereocenters. The smallest absolute Gasteiger partial charge is 0.0158 e. The minimum absolute atomic E-state index is 0.818. The van der Waals surface area contributed by atoms with Crippen molar-refractivity contribution in [1.82, 2.24) is 5.32 Å². The fourth-order valence-corrected chi connectivity index (χ4v) is 2.52. The molecule has 11 heavy (non-hydrogen) atoms. The summed E-state index contributed by atoms with van der Waals surface area (Å²) in [6.07, 6.45) is 2.78. The van der Waals surface area contributed by atoms with Gasteiger partial charge >= 0.3 is 0 Å². The molecule has 1 heterocycles. The van der Waals surface area contributed by atoms with Crippen molar-refractivity contribution < 1.29 is 0 Å². The molecule has 1 aliphatic rings. The Bertz CT molecular complexity index is 97.7. The van der Waals surface area contributed by atoms with Crippen LogP contribution in [0.2, 0.25) is 0 Å². The van der Waals surface area contributed by atoms with Gasteiger partial charge in [-0.2, -0.15) is 11.8 Å². The number of nitrogens with one attached hydrogen (secondary N) is 1. The van der Waals surface area contributed by atoms with Gasteiger partial charge in [0.05, 0.1) is 0 Å². The van der Waals surface area contributed by atoms with Crippen LogP contribution in [0.5, 0.6) is 0 Å². The van der Waals surface area contributed by atoms with Gasteiger partial charge in [-0.25, -0.2) is 0 Å². The molecule has 0 unspecified atom stereocenters. The summed E-state index contributed by atoms with van der Waals surface area (Å²) < 4.78 is 0. The third-order valence-electron chi connectivity index (χ3n) is 1.93. The van der Waals surface area contributed by atoms with E-state index >= 15 is 0 Å². The predicted octanol–water partition coefficient (Wildman–Crippen LogP) is 2.13. The normalized spacial score (nSPS) is 24.8. The van der Waals surface area contributed by atoms with Crippen LogP contribution in [0.4, 0.5) is 0 Å². The molecule has 0 aliphatic carbocycles. The van der Waals surface area contributed by atoms with Crippen LogP contribution in [-0.2, 0) is 0 Å². The van der Waals surface area contributed by atoms with E-state index in [0.29, 0.717) is 0 Å². The SMILES string of the molecule is CC(C)CSC[C@H]1CCCN1. The zero-order valence-corrected chi connectivity index (χ0v) is 8.41. The lowest BCUT2D eigenvalue weighted by molar-refractivity contribution is 0.671. The maximum absolute atomic E-state index is 3.51. The first-order valence-electron chi connectivity index (χ1n) is 4.60. The number of hydrogen-bond acceptors (Lipinski definition) is 2. The average molecular weight is 173 g/mol.